The highest BCUT2D eigenvalue weighted by Crippen LogP contribution is 2.07. The Bertz CT molecular complexity index is 147. The molecule has 0 aliphatic rings. The molecule has 0 aromatic heterocycles. The van der Waals surface area contributed by atoms with Gasteiger partial charge >= 0.3 is 0 Å². The summed E-state index contributed by atoms with van der Waals surface area (Å²) in [6.07, 6.45) is 6.15. The zero-order valence-electron chi connectivity index (χ0n) is 9.51. The van der Waals surface area contributed by atoms with Crippen molar-refractivity contribution in [3.8, 4) is 0 Å². The van der Waals surface area contributed by atoms with Crippen LogP contribution >= 0.6 is 0 Å². The standard InChI is InChI=1S/C11H24OSi/c1-5-6-8-11(12)9-7-10-13(2,3)4/h7,10-12H,5-6,8-9H2,1-4H3/b10-7+/t11-/m1/s1. The van der Waals surface area contributed by atoms with E-state index in [0.29, 0.717) is 0 Å². The molecule has 2 heteroatoms. The van der Waals surface area contributed by atoms with E-state index in [-0.39, 0.29) is 6.10 Å². The lowest BCUT2D eigenvalue weighted by atomic mass is 10.1. The van der Waals surface area contributed by atoms with E-state index in [4.69, 9.17) is 0 Å². The van der Waals surface area contributed by atoms with Crippen molar-refractivity contribution in [1.82, 2.24) is 0 Å². The minimum Gasteiger partial charge on any atom is -0.393 e. The number of hydrogen-bond acceptors (Lipinski definition) is 1. The van der Waals surface area contributed by atoms with Crippen LogP contribution in [0.5, 0.6) is 0 Å². The van der Waals surface area contributed by atoms with E-state index in [1.54, 1.807) is 0 Å². The number of aliphatic hydroxyl groups is 1. The maximum absolute atomic E-state index is 9.54. The molecule has 0 saturated heterocycles. The fourth-order valence-electron chi connectivity index (χ4n) is 1.14. The van der Waals surface area contributed by atoms with Gasteiger partial charge in [-0.3, -0.25) is 0 Å². The fourth-order valence-corrected chi connectivity index (χ4v) is 1.98. The molecule has 1 nitrogen and oxygen atoms in total. The summed E-state index contributed by atoms with van der Waals surface area (Å²) < 4.78 is 0. The zero-order chi connectivity index (χ0) is 10.3. The Morgan fingerprint density at radius 2 is 1.92 bits per heavy atom. The van der Waals surface area contributed by atoms with Crippen molar-refractivity contribution in [2.45, 2.75) is 58.4 Å². The molecule has 0 saturated carbocycles. The van der Waals surface area contributed by atoms with Crippen LogP contribution in [0.4, 0.5) is 0 Å². The molecule has 0 rings (SSSR count). The summed E-state index contributed by atoms with van der Waals surface area (Å²) in [6, 6.07) is 0. The average molecular weight is 200 g/mol. The van der Waals surface area contributed by atoms with Crippen LogP contribution in [0.15, 0.2) is 11.8 Å². The Kier molecular flexibility index (Phi) is 6.34. The van der Waals surface area contributed by atoms with E-state index in [0.717, 1.165) is 19.3 Å². The number of hydrogen-bond donors (Lipinski definition) is 1. The molecule has 1 N–H and O–H groups in total. The lowest BCUT2D eigenvalue weighted by Gasteiger charge is -2.10. The number of unbranched alkanes of at least 4 members (excludes halogenated alkanes) is 1. The highest BCUT2D eigenvalue weighted by Gasteiger charge is 2.07. The predicted octanol–water partition coefficient (Wildman–Crippen LogP) is 3.36. The van der Waals surface area contributed by atoms with Crippen molar-refractivity contribution in [3.05, 3.63) is 11.8 Å². The molecule has 13 heavy (non-hydrogen) atoms. The third kappa shape index (κ3) is 9.83. The van der Waals surface area contributed by atoms with Gasteiger partial charge < -0.3 is 5.11 Å². The predicted molar refractivity (Wildman–Crippen MR) is 62.6 cm³/mol. The maximum atomic E-state index is 9.54. The Morgan fingerprint density at radius 3 is 2.38 bits per heavy atom. The molecule has 0 heterocycles. The van der Waals surface area contributed by atoms with E-state index < -0.39 is 8.07 Å². The first kappa shape index (κ1) is 12.9. The zero-order valence-corrected chi connectivity index (χ0v) is 10.5. The summed E-state index contributed by atoms with van der Waals surface area (Å²) in [7, 11) is -1.05. The van der Waals surface area contributed by atoms with Crippen LogP contribution in [-0.4, -0.2) is 19.3 Å². The molecule has 0 spiro atoms. The quantitative estimate of drug-likeness (QED) is 0.652. The van der Waals surface area contributed by atoms with Crippen LogP contribution in [-0.2, 0) is 0 Å². The first-order valence-electron chi connectivity index (χ1n) is 5.31. The minimum atomic E-state index is -1.05. The Hall–Kier alpha value is -0.0831. The average Bonchev–Trinajstić information content (AvgIpc) is 1.98. The Labute approximate surface area is 83.9 Å². The SMILES string of the molecule is CCCC[C@@H](O)C/C=C/[Si](C)(C)C. The van der Waals surface area contributed by atoms with Gasteiger partial charge in [-0.15, -0.1) is 0 Å². The third-order valence-electron chi connectivity index (χ3n) is 1.92. The van der Waals surface area contributed by atoms with Crippen LogP contribution in [0.25, 0.3) is 0 Å². The molecule has 0 aromatic carbocycles. The summed E-state index contributed by atoms with van der Waals surface area (Å²) in [5.41, 5.74) is 2.31. The van der Waals surface area contributed by atoms with Crippen LogP contribution in [0.2, 0.25) is 19.6 Å². The fraction of sp³-hybridized carbons (Fsp3) is 0.818. The van der Waals surface area contributed by atoms with Crippen molar-refractivity contribution in [1.29, 1.82) is 0 Å². The van der Waals surface area contributed by atoms with Crippen LogP contribution < -0.4 is 0 Å². The molecule has 0 bridgehead atoms. The first-order valence-corrected chi connectivity index (χ1v) is 8.89. The summed E-state index contributed by atoms with van der Waals surface area (Å²) in [6.45, 7) is 9.08. The molecule has 1 atom stereocenters. The Morgan fingerprint density at radius 1 is 1.31 bits per heavy atom. The van der Waals surface area contributed by atoms with Crippen molar-refractivity contribution >= 4 is 8.07 Å². The monoisotopic (exact) mass is 200 g/mol. The second-order valence-electron chi connectivity index (χ2n) is 4.80. The maximum Gasteiger partial charge on any atom is 0.0682 e. The lowest BCUT2D eigenvalue weighted by Crippen LogP contribution is -2.16. The highest BCUT2D eigenvalue weighted by atomic mass is 28.3. The Balaban J connectivity index is 3.57. The van der Waals surface area contributed by atoms with Gasteiger partial charge in [-0.05, 0) is 12.8 Å². The summed E-state index contributed by atoms with van der Waals surface area (Å²) in [4.78, 5) is 0. The number of rotatable bonds is 6. The van der Waals surface area contributed by atoms with E-state index in [9.17, 15) is 5.11 Å². The number of aliphatic hydroxyl groups excluding tert-OH is 1. The van der Waals surface area contributed by atoms with Gasteiger partial charge in [0.05, 0.1) is 14.2 Å². The van der Waals surface area contributed by atoms with Gasteiger partial charge in [-0.1, -0.05) is 51.2 Å². The van der Waals surface area contributed by atoms with Crippen molar-refractivity contribution < 1.29 is 5.11 Å². The van der Waals surface area contributed by atoms with Gasteiger partial charge in [0.25, 0.3) is 0 Å². The third-order valence-corrected chi connectivity index (χ3v) is 3.15. The van der Waals surface area contributed by atoms with Gasteiger partial charge in [0.1, 0.15) is 0 Å². The molecule has 0 unspecified atom stereocenters. The summed E-state index contributed by atoms with van der Waals surface area (Å²) in [5.74, 6) is 0. The van der Waals surface area contributed by atoms with E-state index >= 15 is 0 Å². The lowest BCUT2D eigenvalue weighted by molar-refractivity contribution is 0.164. The second kappa shape index (κ2) is 6.38. The van der Waals surface area contributed by atoms with Crippen molar-refractivity contribution in [2.24, 2.45) is 0 Å². The van der Waals surface area contributed by atoms with Gasteiger partial charge in [-0.25, -0.2) is 0 Å². The van der Waals surface area contributed by atoms with Crippen molar-refractivity contribution in [3.63, 3.8) is 0 Å². The van der Waals surface area contributed by atoms with Crippen LogP contribution in [0.1, 0.15) is 32.6 Å². The van der Waals surface area contributed by atoms with Gasteiger partial charge in [0, 0.05) is 0 Å². The smallest absolute Gasteiger partial charge is 0.0682 e. The van der Waals surface area contributed by atoms with E-state index in [1.165, 1.54) is 6.42 Å². The molecular weight excluding hydrogens is 176 g/mol. The van der Waals surface area contributed by atoms with Gasteiger partial charge in [0.15, 0.2) is 0 Å². The molecule has 0 aliphatic heterocycles. The molecule has 78 valence electrons. The molecule has 0 amide bonds. The summed E-state index contributed by atoms with van der Waals surface area (Å²) in [5, 5.41) is 9.54. The molecule has 0 radical (unpaired) electrons. The normalized spacial score (nSPS) is 15.2. The minimum absolute atomic E-state index is 0.118. The highest BCUT2D eigenvalue weighted by molar-refractivity contribution is 6.80. The molecule has 0 aliphatic carbocycles. The molecule has 0 aromatic rings. The largest absolute Gasteiger partial charge is 0.393 e. The van der Waals surface area contributed by atoms with Crippen LogP contribution in [0, 0.1) is 0 Å². The van der Waals surface area contributed by atoms with Crippen LogP contribution in [0.3, 0.4) is 0 Å². The van der Waals surface area contributed by atoms with Gasteiger partial charge in [0.2, 0.25) is 0 Å². The van der Waals surface area contributed by atoms with Crippen molar-refractivity contribution in [2.75, 3.05) is 0 Å². The second-order valence-corrected chi connectivity index (χ2v) is 9.87. The summed E-state index contributed by atoms with van der Waals surface area (Å²) >= 11 is 0. The van der Waals surface area contributed by atoms with E-state index in [1.807, 2.05) is 0 Å². The molecule has 0 fully saturated rings. The van der Waals surface area contributed by atoms with Gasteiger partial charge in [-0.2, -0.15) is 0 Å². The first-order chi connectivity index (χ1) is 5.95. The van der Waals surface area contributed by atoms with E-state index in [2.05, 4.69) is 38.3 Å². The molecular formula is C11H24OSi. The topological polar surface area (TPSA) is 20.2 Å².